The van der Waals surface area contributed by atoms with Crippen molar-refractivity contribution >= 4 is 11.9 Å². The second-order valence-electron chi connectivity index (χ2n) is 6.20. The molecule has 1 aromatic heterocycles. The molecule has 2 aromatic carbocycles. The summed E-state index contributed by atoms with van der Waals surface area (Å²) in [6, 6.07) is 14.7. The molecular weight excluding hydrogens is 344 g/mol. The molecule has 0 radical (unpaired) electrons. The molecule has 0 aliphatic carbocycles. The smallest absolute Gasteiger partial charge is 0.338 e. The van der Waals surface area contributed by atoms with Gasteiger partial charge in [-0.1, -0.05) is 29.8 Å². The Morgan fingerprint density at radius 2 is 1.78 bits per heavy atom. The topological polar surface area (TPSA) is 77.3 Å². The molecule has 0 N–H and O–H groups in total. The van der Waals surface area contributed by atoms with Crippen LogP contribution >= 0.6 is 0 Å². The summed E-state index contributed by atoms with van der Waals surface area (Å²) in [4.78, 5) is 29.7. The molecule has 0 unspecified atom stereocenters. The van der Waals surface area contributed by atoms with Gasteiger partial charge in [-0.25, -0.2) is 14.5 Å². The highest BCUT2D eigenvalue weighted by atomic mass is 16.5. The van der Waals surface area contributed by atoms with Gasteiger partial charge in [0.1, 0.15) is 12.7 Å². The summed E-state index contributed by atoms with van der Waals surface area (Å²) in [7, 11) is 1.68. The first-order valence-corrected chi connectivity index (χ1v) is 8.44. The molecule has 27 heavy (non-hydrogen) atoms. The van der Waals surface area contributed by atoms with E-state index in [4.69, 9.17) is 4.74 Å². The largest absolute Gasteiger partial charge is 0.452 e. The van der Waals surface area contributed by atoms with Gasteiger partial charge in [-0.05, 0) is 36.8 Å². The number of aromatic nitrogens is 3. The summed E-state index contributed by atoms with van der Waals surface area (Å²) < 4.78 is 6.72. The second kappa shape index (κ2) is 8.27. The standard InChI is InChI=1S/C20H20N4O3/c1-15-3-5-16(6-4-15)11-23(2)19(25)12-27-20(26)17-7-9-18(10-8-17)24-14-21-13-22-24/h3-10,13-14H,11-12H2,1-2H3. The van der Waals surface area contributed by atoms with Crippen molar-refractivity contribution in [2.75, 3.05) is 13.7 Å². The van der Waals surface area contributed by atoms with Gasteiger partial charge in [0.25, 0.3) is 5.91 Å². The molecule has 0 aliphatic rings. The minimum Gasteiger partial charge on any atom is -0.452 e. The number of ether oxygens (including phenoxy) is 1. The number of benzene rings is 2. The van der Waals surface area contributed by atoms with Crippen LogP contribution in [0.4, 0.5) is 0 Å². The highest BCUT2D eigenvalue weighted by Crippen LogP contribution is 2.10. The lowest BCUT2D eigenvalue weighted by atomic mass is 10.1. The summed E-state index contributed by atoms with van der Waals surface area (Å²) in [5.74, 6) is -0.805. The predicted octanol–water partition coefficient (Wildman–Crippen LogP) is 2.39. The Balaban J connectivity index is 1.52. The Labute approximate surface area is 157 Å². The fraction of sp³-hybridized carbons (Fsp3) is 0.200. The molecular formula is C20H20N4O3. The lowest BCUT2D eigenvalue weighted by molar-refractivity contribution is -0.133. The predicted molar refractivity (Wildman–Crippen MR) is 99.3 cm³/mol. The van der Waals surface area contributed by atoms with E-state index in [2.05, 4.69) is 10.1 Å². The van der Waals surface area contributed by atoms with Gasteiger partial charge in [0.05, 0.1) is 11.3 Å². The fourth-order valence-corrected chi connectivity index (χ4v) is 2.47. The summed E-state index contributed by atoms with van der Waals surface area (Å²) >= 11 is 0. The summed E-state index contributed by atoms with van der Waals surface area (Å²) in [5.41, 5.74) is 3.33. The fourth-order valence-electron chi connectivity index (χ4n) is 2.47. The highest BCUT2D eigenvalue weighted by Gasteiger charge is 2.14. The lowest BCUT2D eigenvalue weighted by Gasteiger charge is -2.17. The maximum Gasteiger partial charge on any atom is 0.338 e. The highest BCUT2D eigenvalue weighted by molar-refractivity contribution is 5.91. The van der Waals surface area contributed by atoms with Crippen molar-refractivity contribution in [2.45, 2.75) is 13.5 Å². The van der Waals surface area contributed by atoms with E-state index < -0.39 is 5.97 Å². The number of hydrogen-bond acceptors (Lipinski definition) is 5. The van der Waals surface area contributed by atoms with Gasteiger partial charge in [-0.15, -0.1) is 0 Å². The van der Waals surface area contributed by atoms with Crippen LogP contribution < -0.4 is 0 Å². The first kappa shape index (κ1) is 18.3. The Bertz CT molecular complexity index is 903. The number of amides is 1. The Morgan fingerprint density at radius 1 is 1.07 bits per heavy atom. The second-order valence-corrected chi connectivity index (χ2v) is 6.20. The van der Waals surface area contributed by atoms with Crippen LogP contribution in [0, 0.1) is 6.92 Å². The van der Waals surface area contributed by atoms with E-state index in [0.29, 0.717) is 12.1 Å². The van der Waals surface area contributed by atoms with Gasteiger partial charge in [0.15, 0.2) is 6.61 Å². The molecule has 0 saturated heterocycles. The molecule has 3 aromatic rings. The van der Waals surface area contributed by atoms with Crippen molar-refractivity contribution < 1.29 is 14.3 Å². The zero-order valence-corrected chi connectivity index (χ0v) is 15.2. The number of carbonyl (C=O) groups is 2. The first-order valence-electron chi connectivity index (χ1n) is 8.44. The molecule has 0 atom stereocenters. The summed E-state index contributed by atoms with van der Waals surface area (Å²) in [5, 5.41) is 4.02. The number of aryl methyl sites for hydroxylation is 1. The number of rotatable bonds is 6. The van der Waals surface area contributed by atoms with E-state index in [-0.39, 0.29) is 12.5 Å². The number of hydrogen-bond donors (Lipinski definition) is 0. The third-order valence-electron chi connectivity index (χ3n) is 4.08. The van der Waals surface area contributed by atoms with Gasteiger partial charge in [-0.3, -0.25) is 4.79 Å². The van der Waals surface area contributed by atoms with E-state index in [9.17, 15) is 9.59 Å². The zero-order valence-electron chi connectivity index (χ0n) is 15.2. The zero-order chi connectivity index (χ0) is 19.2. The third-order valence-corrected chi connectivity index (χ3v) is 4.08. The minimum atomic E-state index is -0.544. The van der Waals surface area contributed by atoms with Crippen molar-refractivity contribution in [1.29, 1.82) is 0 Å². The Kier molecular flexibility index (Phi) is 5.61. The molecule has 0 saturated carbocycles. The van der Waals surface area contributed by atoms with Crippen LogP contribution in [0.5, 0.6) is 0 Å². The van der Waals surface area contributed by atoms with Gasteiger partial charge < -0.3 is 9.64 Å². The van der Waals surface area contributed by atoms with E-state index in [1.807, 2.05) is 31.2 Å². The van der Waals surface area contributed by atoms with E-state index in [1.165, 1.54) is 11.2 Å². The van der Waals surface area contributed by atoms with Crippen molar-refractivity contribution in [3.05, 3.63) is 77.9 Å². The molecule has 0 aliphatic heterocycles. The van der Waals surface area contributed by atoms with E-state index in [0.717, 1.165) is 16.8 Å². The van der Waals surface area contributed by atoms with Crippen LogP contribution in [0.25, 0.3) is 5.69 Å². The maximum absolute atomic E-state index is 12.2. The molecule has 0 fully saturated rings. The number of nitrogens with zero attached hydrogens (tertiary/aromatic N) is 4. The average molecular weight is 364 g/mol. The first-order chi connectivity index (χ1) is 13.0. The van der Waals surface area contributed by atoms with Crippen LogP contribution in [-0.2, 0) is 16.1 Å². The third kappa shape index (κ3) is 4.78. The molecule has 1 amide bonds. The number of esters is 1. The molecule has 7 nitrogen and oxygen atoms in total. The number of likely N-dealkylation sites (N-methyl/N-ethyl adjacent to an activating group) is 1. The Morgan fingerprint density at radius 3 is 2.41 bits per heavy atom. The Hall–Kier alpha value is -3.48. The molecule has 0 spiro atoms. The quantitative estimate of drug-likeness (QED) is 0.628. The monoisotopic (exact) mass is 364 g/mol. The van der Waals surface area contributed by atoms with Crippen LogP contribution in [0.3, 0.4) is 0 Å². The normalized spacial score (nSPS) is 10.4. The van der Waals surface area contributed by atoms with Crippen LogP contribution in [-0.4, -0.2) is 45.2 Å². The van der Waals surface area contributed by atoms with Gasteiger partial charge in [0, 0.05) is 13.6 Å². The maximum atomic E-state index is 12.2. The van der Waals surface area contributed by atoms with Crippen molar-refractivity contribution in [3.8, 4) is 5.69 Å². The SMILES string of the molecule is Cc1ccc(CN(C)C(=O)COC(=O)c2ccc(-n3cncn3)cc2)cc1. The van der Waals surface area contributed by atoms with Crippen molar-refractivity contribution in [1.82, 2.24) is 19.7 Å². The summed E-state index contributed by atoms with van der Waals surface area (Å²) in [6.45, 7) is 2.17. The van der Waals surface area contributed by atoms with Crippen molar-refractivity contribution in [2.24, 2.45) is 0 Å². The van der Waals surface area contributed by atoms with E-state index in [1.54, 1.807) is 42.3 Å². The van der Waals surface area contributed by atoms with E-state index >= 15 is 0 Å². The van der Waals surface area contributed by atoms with Crippen LogP contribution in [0.1, 0.15) is 21.5 Å². The summed E-state index contributed by atoms with van der Waals surface area (Å²) in [6.07, 6.45) is 3.00. The van der Waals surface area contributed by atoms with Gasteiger partial charge in [0.2, 0.25) is 0 Å². The van der Waals surface area contributed by atoms with Crippen LogP contribution in [0.2, 0.25) is 0 Å². The van der Waals surface area contributed by atoms with Gasteiger partial charge >= 0.3 is 5.97 Å². The van der Waals surface area contributed by atoms with Crippen LogP contribution in [0.15, 0.2) is 61.2 Å². The van der Waals surface area contributed by atoms with Gasteiger partial charge in [-0.2, -0.15) is 5.10 Å². The molecule has 3 rings (SSSR count). The molecule has 0 bridgehead atoms. The minimum absolute atomic E-state index is 0.261. The van der Waals surface area contributed by atoms with Crippen molar-refractivity contribution in [3.63, 3.8) is 0 Å². The average Bonchev–Trinajstić information content (AvgIpc) is 3.22. The molecule has 7 heteroatoms. The molecule has 138 valence electrons. The lowest BCUT2D eigenvalue weighted by Crippen LogP contribution is -2.30. The molecule has 1 heterocycles. The number of carbonyl (C=O) groups excluding carboxylic acids is 2.